The smallest absolute Gasteiger partial charge is 0.0207 e. The van der Waals surface area contributed by atoms with E-state index >= 15 is 0 Å². The molecule has 1 aliphatic heterocycles. The summed E-state index contributed by atoms with van der Waals surface area (Å²) < 4.78 is 0. The number of nitrogens with zero attached hydrogens (tertiary/aromatic N) is 1. The van der Waals surface area contributed by atoms with Crippen LogP contribution < -0.4 is 5.32 Å². The predicted molar refractivity (Wildman–Crippen MR) is 66.1 cm³/mol. The maximum absolute atomic E-state index is 3.64. The third kappa shape index (κ3) is 5.23. The van der Waals surface area contributed by atoms with Crippen molar-refractivity contribution in [3.05, 3.63) is 0 Å². The molecule has 0 aromatic rings. The molecule has 0 amide bonds. The maximum Gasteiger partial charge on any atom is 0.0207 e. The highest BCUT2D eigenvalue weighted by atomic mass is 32.2. The fourth-order valence-corrected chi connectivity index (χ4v) is 2.45. The van der Waals surface area contributed by atoms with E-state index in [-0.39, 0.29) is 0 Å². The molecule has 1 fully saturated rings. The topological polar surface area (TPSA) is 15.3 Å². The number of likely N-dealkylation sites (N-methyl/N-ethyl adjacent to an activating group) is 1. The largest absolute Gasteiger partial charge is 0.313 e. The van der Waals surface area contributed by atoms with Gasteiger partial charge < -0.3 is 10.2 Å². The van der Waals surface area contributed by atoms with Gasteiger partial charge in [-0.25, -0.2) is 0 Å². The van der Waals surface area contributed by atoms with E-state index in [1.165, 1.54) is 51.1 Å². The van der Waals surface area contributed by atoms with Gasteiger partial charge in [0.25, 0.3) is 0 Å². The fourth-order valence-electron chi connectivity index (χ4n) is 1.96. The minimum Gasteiger partial charge on any atom is -0.313 e. The van der Waals surface area contributed by atoms with Crippen LogP contribution in [0.1, 0.15) is 25.7 Å². The summed E-state index contributed by atoms with van der Waals surface area (Å²) in [5, 5.41) is 3.64. The van der Waals surface area contributed by atoms with Crippen molar-refractivity contribution >= 4 is 11.8 Å². The quantitative estimate of drug-likeness (QED) is 0.654. The Hall–Kier alpha value is 0.270. The number of hydrogen-bond donors (Lipinski definition) is 1. The molecule has 2 nitrogen and oxygen atoms in total. The van der Waals surface area contributed by atoms with Gasteiger partial charge >= 0.3 is 0 Å². The lowest BCUT2D eigenvalue weighted by Crippen LogP contribution is -2.32. The van der Waals surface area contributed by atoms with Gasteiger partial charge in [0, 0.05) is 12.6 Å². The van der Waals surface area contributed by atoms with Gasteiger partial charge in [-0.2, -0.15) is 11.8 Å². The number of nitrogens with one attached hydrogen (secondary N) is 1. The first-order valence-electron chi connectivity index (χ1n) is 5.74. The summed E-state index contributed by atoms with van der Waals surface area (Å²) in [6.45, 7) is 3.72. The lowest BCUT2D eigenvalue weighted by molar-refractivity contribution is 0.397. The van der Waals surface area contributed by atoms with Crippen LogP contribution in [0, 0.1) is 0 Å². The van der Waals surface area contributed by atoms with Crippen LogP contribution in [0.2, 0.25) is 0 Å². The average molecular weight is 216 g/mol. The van der Waals surface area contributed by atoms with E-state index in [0.29, 0.717) is 0 Å². The molecule has 1 heterocycles. The third-order valence-corrected chi connectivity index (χ3v) is 3.55. The summed E-state index contributed by atoms with van der Waals surface area (Å²) in [4.78, 5) is 2.41. The minimum absolute atomic E-state index is 0.764. The molecule has 0 radical (unpaired) electrons. The van der Waals surface area contributed by atoms with Crippen molar-refractivity contribution in [2.75, 3.05) is 38.7 Å². The van der Waals surface area contributed by atoms with E-state index in [2.05, 4.69) is 23.5 Å². The molecule has 14 heavy (non-hydrogen) atoms. The number of hydrogen-bond acceptors (Lipinski definition) is 3. The van der Waals surface area contributed by atoms with Crippen LogP contribution in [-0.2, 0) is 0 Å². The lowest BCUT2D eigenvalue weighted by atomic mass is 10.2. The van der Waals surface area contributed by atoms with Gasteiger partial charge in [-0.15, -0.1) is 0 Å². The molecule has 0 spiro atoms. The molecular weight excluding hydrogens is 192 g/mol. The van der Waals surface area contributed by atoms with Gasteiger partial charge in [0.05, 0.1) is 0 Å². The molecule has 0 aromatic carbocycles. The Morgan fingerprint density at radius 2 is 2.21 bits per heavy atom. The Kier molecular flexibility index (Phi) is 6.65. The van der Waals surface area contributed by atoms with Crippen LogP contribution in [0.3, 0.4) is 0 Å². The van der Waals surface area contributed by atoms with Crippen molar-refractivity contribution in [1.29, 1.82) is 0 Å². The van der Waals surface area contributed by atoms with Crippen LogP contribution in [0.5, 0.6) is 0 Å². The minimum atomic E-state index is 0.764. The van der Waals surface area contributed by atoms with E-state index < -0.39 is 0 Å². The number of thioether (sulfide) groups is 1. The SMILES string of the molecule is CSCCCCCNC1CCN(C)C1. The van der Waals surface area contributed by atoms with Crippen LogP contribution in [-0.4, -0.2) is 49.6 Å². The lowest BCUT2D eigenvalue weighted by Gasteiger charge is -2.12. The molecule has 3 heteroatoms. The van der Waals surface area contributed by atoms with Crippen molar-refractivity contribution in [2.45, 2.75) is 31.7 Å². The van der Waals surface area contributed by atoms with Gasteiger partial charge in [-0.05, 0) is 51.4 Å². The highest BCUT2D eigenvalue weighted by Crippen LogP contribution is 2.06. The number of rotatable bonds is 7. The molecule has 0 saturated carbocycles. The first-order valence-corrected chi connectivity index (χ1v) is 7.13. The Labute approximate surface area is 92.8 Å². The predicted octanol–water partition coefficient (Wildman–Crippen LogP) is 1.81. The second kappa shape index (κ2) is 7.55. The highest BCUT2D eigenvalue weighted by Gasteiger charge is 2.17. The zero-order chi connectivity index (χ0) is 10.2. The van der Waals surface area contributed by atoms with Crippen molar-refractivity contribution < 1.29 is 0 Å². The van der Waals surface area contributed by atoms with Crippen molar-refractivity contribution in [3.8, 4) is 0 Å². The fraction of sp³-hybridized carbons (Fsp3) is 1.00. The van der Waals surface area contributed by atoms with Crippen molar-refractivity contribution in [2.24, 2.45) is 0 Å². The van der Waals surface area contributed by atoms with Crippen LogP contribution in [0.25, 0.3) is 0 Å². The molecule has 0 aliphatic carbocycles. The highest BCUT2D eigenvalue weighted by molar-refractivity contribution is 7.98. The normalized spacial score (nSPS) is 23.1. The van der Waals surface area contributed by atoms with Gasteiger partial charge in [0.15, 0.2) is 0 Å². The summed E-state index contributed by atoms with van der Waals surface area (Å²) in [5.41, 5.74) is 0. The zero-order valence-corrected chi connectivity index (χ0v) is 10.4. The Morgan fingerprint density at radius 3 is 2.86 bits per heavy atom. The Balaban J connectivity index is 1.84. The third-order valence-electron chi connectivity index (χ3n) is 2.85. The second-order valence-corrected chi connectivity index (χ2v) is 5.24. The average Bonchev–Trinajstić information content (AvgIpc) is 2.58. The molecule has 1 saturated heterocycles. The second-order valence-electron chi connectivity index (χ2n) is 4.26. The van der Waals surface area contributed by atoms with E-state index in [1.54, 1.807) is 0 Å². The van der Waals surface area contributed by atoms with E-state index in [1.807, 2.05) is 11.8 Å². The van der Waals surface area contributed by atoms with Gasteiger partial charge in [-0.1, -0.05) is 6.42 Å². The first kappa shape index (κ1) is 12.3. The van der Waals surface area contributed by atoms with E-state index in [9.17, 15) is 0 Å². The summed E-state index contributed by atoms with van der Waals surface area (Å²) in [5.74, 6) is 1.33. The first-order chi connectivity index (χ1) is 6.83. The molecule has 1 aliphatic rings. The van der Waals surface area contributed by atoms with E-state index in [4.69, 9.17) is 0 Å². The van der Waals surface area contributed by atoms with Crippen molar-refractivity contribution in [1.82, 2.24) is 10.2 Å². The molecule has 1 rings (SSSR count). The number of unbranched alkanes of at least 4 members (excludes halogenated alkanes) is 2. The molecular formula is C11H24N2S. The van der Waals surface area contributed by atoms with Crippen molar-refractivity contribution in [3.63, 3.8) is 0 Å². The molecule has 84 valence electrons. The Bertz CT molecular complexity index is 141. The molecule has 1 N–H and O–H groups in total. The standard InChI is InChI=1S/C11H24N2S/c1-13-8-6-11(10-13)12-7-4-3-5-9-14-2/h11-12H,3-10H2,1-2H3. The monoisotopic (exact) mass is 216 g/mol. The maximum atomic E-state index is 3.64. The van der Waals surface area contributed by atoms with Crippen LogP contribution >= 0.6 is 11.8 Å². The summed E-state index contributed by atoms with van der Waals surface area (Å²) in [6.07, 6.45) is 7.64. The zero-order valence-electron chi connectivity index (χ0n) is 9.59. The summed E-state index contributed by atoms with van der Waals surface area (Å²) in [7, 11) is 2.21. The van der Waals surface area contributed by atoms with E-state index in [0.717, 1.165) is 6.04 Å². The van der Waals surface area contributed by atoms with Crippen LogP contribution in [0.4, 0.5) is 0 Å². The molecule has 0 aromatic heterocycles. The van der Waals surface area contributed by atoms with Crippen LogP contribution in [0.15, 0.2) is 0 Å². The number of likely N-dealkylation sites (tertiary alicyclic amines) is 1. The molecule has 1 atom stereocenters. The molecule has 1 unspecified atom stereocenters. The summed E-state index contributed by atoms with van der Waals surface area (Å²) in [6, 6.07) is 0.764. The van der Waals surface area contributed by atoms with Gasteiger partial charge in [0.2, 0.25) is 0 Å². The summed E-state index contributed by atoms with van der Waals surface area (Å²) >= 11 is 1.96. The molecule has 0 bridgehead atoms. The van der Waals surface area contributed by atoms with Gasteiger partial charge in [0.1, 0.15) is 0 Å². The van der Waals surface area contributed by atoms with Gasteiger partial charge in [-0.3, -0.25) is 0 Å². The Morgan fingerprint density at radius 1 is 1.36 bits per heavy atom.